The second kappa shape index (κ2) is 6.73. The average Bonchev–Trinajstić information content (AvgIpc) is 2.22. The molecule has 0 aliphatic rings. The van der Waals surface area contributed by atoms with Crippen molar-refractivity contribution in [2.45, 2.75) is 53.6 Å². The summed E-state index contributed by atoms with van der Waals surface area (Å²) in [4.78, 5) is 25.2. The SMILES string of the molecule is CCOC(=O)CN(C(=O)C(N)C(C)(C)C)C(C)C. The minimum absolute atomic E-state index is 0.0475. The summed E-state index contributed by atoms with van der Waals surface area (Å²) in [5.74, 6) is -0.619. The van der Waals surface area contributed by atoms with Gasteiger partial charge in [-0.2, -0.15) is 0 Å². The lowest BCUT2D eigenvalue weighted by Crippen LogP contribution is -2.53. The third kappa shape index (κ3) is 5.04. The molecule has 1 unspecified atom stereocenters. The molecule has 0 aromatic heterocycles. The second-order valence-electron chi connectivity index (χ2n) is 5.71. The van der Waals surface area contributed by atoms with E-state index in [1.807, 2.05) is 34.6 Å². The molecule has 0 spiro atoms. The van der Waals surface area contributed by atoms with Gasteiger partial charge in [0.25, 0.3) is 0 Å². The van der Waals surface area contributed by atoms with Crippen molar-refractivity contribution in [2.75, 3.05) is 13.2 Å². The van der Waals surface area contributed by atoms with Gasteiger partial charge < -0.3 is 15.4 Å². The lowest BCUT2D eigenvalue weighted by molar-refractivity contribution is -0.151. The Hall–Kier alpha value is -1.10. The molecule has 0 aromatic rings. The molecule has 0 aliphatic heterocycles. The third-order valence-electron chi connectivity index (χ3n) is 2.71. The van der Waals surface area contributed by atoms with E-state index in [-0.39, 0.29) is 23.9 Å². The molecule has 0 heterocycles. The van der Waals surface area contributed by atoms with Gasteiger partial charge in [-0.3, -0.25) is 9.59 Å². The molecule has 5 heteroatoms. The van der Waals surface area contributed by atoms with Crippen LogP contribution in [0, 0.1) is 5.41 Å². The third-order valence-corrected chi connectivity index (χ3v) is 2.71. The number of nitrogens with zero attached hydrogens (tertiary/aromatic N) is 1. The zero-order chi connectivity index (χ0) is 14.5. The van der Waals surface area contributed by atoms with E-state index in [2.05, 4.69) is 0 Å². The summed E-state index contributed by atoms with van der Waals surface area (Å²) in [6.07, 6.45) is 0. The first-order valence-electron chi connectivity index (χ1n) is 6.33. The van der Waals surface area contributed by atoms with Crippen LogP contribution < -0.4 is 5.73 Å². The Morgan fingerprint density at radius 1 is 1.28 bits per heavy atom. The van der Waals surface area contributed by atoms with Gasteiger partial charge in [0.1, 0.15) is 6.54 Å². The van der Waals surface area contributed by atoms with Crippen molar-refractivity contribution in [3.05, 3.63) is 0 Å². The largest absolute Gasteiger partial charge is 0.465 e. The van der Waals surface area contributed by atoms with E-state index in [1.54, 1.807) is 6.92 Å². The van der Waals surface area contributed by atoms with Crippen LogP contribution in [0.2, 0.25) is 0 Å². The molecule has 0 bridgehead atoms. The summed E-state index contributed by atoms with van der Waals surface area (Å²) in [5.41, 5.74) is 5.60. The van der Waals surface area contributed by atoms with Crippen LogP contribution in [-0.4, -0.2) is 42.0 Å². The Kier molecular flexibility index (Phi) is 6.32. The van der Waals surface area contributed by atoms with Crippen LogP contribution in [0.4, 0.5) is 0 Å². The first-order valence-corrected chi connectivity index (χ1v) is 6.33. The van der Waals surface area contributed by atoms with E-state index in [1.165, 1.54) is 4.90 Å². The van der Waals surface area contributed by atoms with Gasteiger partial charge in [0.2, 0.25) is 5.91 Å². The molecule has 0 aliphatic carbocycles. The maximum absolute atomic E-state index is 12.3. The number of rotatable bonds is 5. The molecule has 1 amide bonds. The molecule has 18 heavy (non-hydrogen) atoms. The van der Waals surface area contributed by atoms with Crippen LogP contribution in [-0.2, 0) is 14.3 Å². The van der Waals surface area contributed by atoms with Crippen LogP contribution in [0.5, 0.6) is 0 Å². The summed E-state index contributed by atoms with van der Waals surface area (Å²) in [6, 6.07) is -0.718. The zero-order valence-electron chi connectivity index (χ0n) is 12.3. The Labute approximate surface area is 110 Å². The predicted octanol–water partition coefficient (Wildman–Crippen LogP) is 1.16. The maximum atomic E-state index is 12.3. The molecule has 106 valence electrons. The summed E-state index contributed by atoms with van der Waals surface area (Å²) in [5, 5.41) is 0. The Bertz CT molecular complexity index is 295. The molecule has 0 fully saturated rings. The molecule has 0 aromatic carbocycles. The minimum Gasteiger partial charge on any atom is -0.465 e. The van der Waals surface area contributed by atoms with Crippen molar-refractivity contribution < 1.29 is 14.3 Å². The number of ether oxygens (including phenoxy) is 1. The summed E-state index contributed by atoms with van der Waals surface area (Å²) in [7, 11) is 0. The van der Waals surface area contributed by atoms with Crippen molar-refractivity contribution in [2.24, 2.45) is 11.1 Å². The lowest BCUT2D eigenvalue weighted by Gasteiger charge is -2.33. The van der Waals surface area contributed by atoms with Crippen molar-refractivity contribution in [3.63, 3.8) is 0 Å². The van der Waals surface area contributed by atoms with Gasteiger partial charge in [-0.15, -0.1) is 0 Å². The van der Waals surface area contributed by atoms with E-state index in [0.717, 1.165) is 0 Å². The van der Waals surface area contributed by atoms with Crippen LogP contribution >= 0.6 is 0 Å². The summed E-state index contributed by atoms with van der Waals surface area (Å²) in [6.45, 7) is 11.4. The molecule has 2 N–H and O–H groups in total. The smallest absolute Gasteiger partial charge is 0.325 e. The van der Waals surface area contributed by atoms with Crippen LogP contribution in [0.15, 0.2) is 0 Å². The van der Waals surface area contributed by atoms with Gasteiger partial charge >= 0.3 is 5.97 Å². The first-order chi connectivity index (χ1) is 8.11. The van der Waals surface area contributed by atoms with E-state index >= 15 is 0 Å². The van der Waals surface area contributed by atoms with Gasteiger partial charge in [0, 0.05) is 6.04 Å². The van der Waals surface area contributed by atoms with Crippen LogP contribution in [0.3, 0.4) is 0 Å². The zero-order valence-corrected chi connectivity index (χ0v) is 12.3. The van der Waals surface area contributed by atoms with Crippen LogP contribution in [0.25, 0.3) is 0 Å². The average molecular weight is 258 g/mol. The van der Waals surface area contributed by atoms with E-state index in [9.17, 15) is 9.59 Å². The van der Waals surface area contributed by atoms with Gasteiger partial charge in [-0.1, -0.05) is 20.8 Å². The topological polar surface area (TPSA) is 72.6 Å². The fraction of sp³-hybridized carbons (Fsp3) is 0.846. The molecular formula is C13H26N2O3. The van der Waals surface area contributed by atoms with Crippen molar-refractivity contribution in [1.82, 2.24) is 4.90 Å². The molecular weight excluding hydrogens is 232 g/mol. The number of esters is 1. The summed E-state index contributed by atoms with van der Waals surface area (Å²) >= 11 is 0. The van der Waals surface area contributed by atoms with Crippen LogP contribution in [0.1, 0.15) is 41.5 Å². The highest BCUT2D eigenvalue weighted by molar-refractivity contribution is 5.86. The van der Waals surface area contributed by atoms with Gasteiger partial charge in [-0.05, 0) is 26.2 Å². The fourth-order valence-corrected chi connectivity index (χ4v) is 1.41. The fourth-order valence-electron chi connectivity index (χ4n) is 1.41. The number of hydrogen-bond acceptors (Lipinski definition) is 4. The highest BCUT2D eigenvalue weighted by atomic mass is 16.5. The quantitative estimate of drug-likeness (QED) is 0.751. The Morgan fingerprint density at radius 3 is 2.11 bits per heavy atom. The normalized spacial score (nSPS) is 13.3. The van der Waals surface area contributed by atoms with Crippen molar-refractivity contribution in [1.29, 1.82) is 0 Å². The lowest BCUT2D eigenvalue weighted by atomic mass is 9.86. The second-order valence-corrected chi connectivity index (χ2v) is 5.71. The number of amides is 1. The molecule has 0 saturated carbocycles. The molecule has 0 rings (SSSR count). The molecule has 5 nitrogen and oxygen atoms in total. The van der Waals surface area contributed by atoms with Gasteiger partial charge in [-0.25, -0.2) is 0 Å². The van der Waals surface area contributed by atoms with E-state index in [4.69, 9.17) is 10.5 Å². The number of hydrogen-bond donors (Lipinski definition) is 1. The van der Waals surface area contributed by atoms with Crippen molar-refractivity contribution in [3.8, 4) is 0 Å². The monoisotopic (exact) mass is 258 g/mol. The standard InChI is InChI=1S/C13H26N2O3/c1-7-18-10(16)8-15(9(2)3)12(17)11(14)13(4,5)6/h9,11H,7-8,14H2,1-6H3. The number of nitrogens with two attached hydrogens (primary N) is 1. The van der Waals surface area contributed by atoms with E-state index in [0.29, 0.717) is 6.61 Å². The summed E-state index contributed by atoms with van der Waals surface area (Å²) < 4.78 is 4.86. The van der Waals surface area contributed by atoms with Crippen molar-refractivity contribution >= 4 is 11.9 Å². The maximum Gasteiger partial charge on any atom is 0.325 e. The first kappa shape index (κ1) is 16.9. The highest BCUT2D eigenvalue weighted by Gasteiger charge is 2.33. The Balaban J connectivity index is 4.81. The number of carbonyl (C=O) groups is 2. The molecule has 1 atom stereocenters. The number of carbonyl (C=O) groups excluding carboxylic acids is 2. The molecule has 0 radical (unpaired) electrons. The minimum atomic E-state index is -0.630. The molecule has 0 saturated heterocycles. The van der Waals surface area contributed by atoms with Gasteiger partial charge in [0.05, 0.1) is 12.6 Å². The Morgan fingerprint density at radius 2 is 1.78 bits per heavy atom. The van der Waals surface area contributed by atoms with Gasteiger partial charge in [0.15, 0.2) is 0 Å². The van der Waals surface area contributed by atoms with E-state index < -0.39 is 12.0 Å². The highest BCUT2D eigenvalue weighted by Crippen LogP contribution is 2.20. The predicted molar refractivity (Wildman–Crippen MR) is 70.9 cm³/mol.